The van der Waals surface area contributed by atoms with Crippen LogP contribution < -0.4 is 14.2 Å². The van der Waals surface area contributed by atoms with Crippen LogP contribution in [0, 0.1) is 0 Å². The Hall–Kier alpha value is -3.99. The Bertz CT molecular complexity index is 1130. The number of nitrogens with zero attached hydrogens (tertiary/aromatic N) is 1. The minimum absolute atomic E-state index is 0.00955. The molecule has 4 rings (SSSR count). The van der Waals surface area contributed by atoms with Gasteiger partial charge in [0.15, 0.2) is 0 Å². The topological polar surface area (TPSA) is 49.7 Å². The highest BCUT2D eigenvalue weighted by atomic mass is 16.5. The summed E-state index contributed by atoms with van der Waals surface area (Å²) >= 11 is 0. The zero-order valence-electron chi connectivity index (χ0n) is 18.4. The van der Waals surface area contributed by atoms with Crippen molar-refractivity contribution in [2.75, 3.05) is 21.3 Å². The van der Waals surface area contributed by atoms with Gasteiger partial charge in [-0.3, -0.25) is 9.36 Å². The minimum atomic E-state index is -0.00955. The molecule has 3 aromatic carbocycles. The lowest BCUT2D eigenvalue weighted by atomic mass is 9.99. The lowest BCUT2D eigenvalue weighted by Gasteiger charge is -2.07. The summed E-state index contributed by atoms with van der Waals surface area (Å²) in [4.78, 5) is 13.1. The number of benzene rings is 3. The maximum absolute atomic E-state index is 13.1. The van der Waals surface area contributed by atoms with Crippen LogP contribution in [0.4, 0.5) is 0 Å². The summed E-state index contributed by atoms with van der Waals surface area (Å²) < 4.78 is 17.5. The van der Waals surface area contributed by atoms with E-state index in [1.54, 1.807) is 25.9 Å². The van der Waals surface area contributed by atoms with Crippen LogP contribution in [0.5, 0.6) is 17.2 Å². The van der Waals surface area contributed by atoms with Crippen LogP contribution >= 0.6 is 0 Å². The van der Waals surface area contributed by atoms with E-state index in [1.807, 2.05) is 85.2 Å². The van der Waals surface area contributed by atoms with Crippen LogP contribution in [-0.4, -0.2) is 31.8 Å². The fraction of sp³-hybridized carbons (Fsp3) is 0.148. The Morgan fingerprint density at radius 2 is 1.00 bits per heavy atom. The third-order valence-electron chi connectivity index (χ3n) is 5.43. The predicted octanol–water partition coefficient (Wildman–Crippen LogP) is 5.73. The van der Waals surface area contributed by atoms with E-state index in [4.69, 9.17) is 14.2 Å². The van der Waals surface area contributed by atoms with Gasteiger partial charge in [-0.1, -0.05) is 36.4 Å². The van der Waals surface area contributed by atoms with Gasteiger partial charge < -0.3 is 14.2 Å². The van der Waals surface area contributed by atoms with E-state index in [1.165, 1.54) is 0 Å². The molecule has 0 saturated carbocycles. The number of carbonyl (C=O) groups excluding carboxylic acids is 1. The van der Waals surface area contributed by atoms with Gasteiger partial charge >= 0.3 is 0 Å². The molecule has 0 aliphatic carbocycles. The summed E-state index contributed by atoms with van der Waals surface area (Å²) in [5, 5.41) is 0. The van der Waals surface area contributed by atoms with Crippen LogP contribution in [0.15, 0.2) is 85.2 Å². The molecule has 0 radical (unpaired) electrons. The van der Waals surface area contributed by atoms with Gasteiger partial charge in [0.1, 0.15) is 17.2 Å². The maximum Gasteiger partial charge on any atom is 0.235 e. The predicted molar refractivity (Wildman–Crippen MR) is 126 cm³/mol. The lowest BCUT2D eigenvalue weighted by molar-refractivity contribution is 0.0914. The highest BCUT2D eigenvalue weighted by molar-refractivity contribution is 5.89. The van der Waals surface area contributed by atoms with Gasteiger partial charge in [0.05, 0.1) is 27.8 Å². The molecule has 0 N–H and O–H groups in total. The van der Waals surface area contributed by atoms with E-state index in [0.29, 0.717) is 6.42 Å². The Kier molecular flexibility index (Phi) is 6.26. The largest absolute Gasteiger partial charge is 0.497 e. The first-order chi connectivity index (χ1) is 15.6. The number of hydrogen-bond acceptors (Lipinski definition) is 4. The van der Waals surface area contributed by atoms with Crippen molar-refractivity contribution in [1.82, 2.24) is 4.57 Å². The standard InChI is InChI=1S/C27H25NO4/c1-30-22-10-4-19(5-11-22)16-27(29)28-17-25(20-6-12-23(31-2)13-7-20)26(18-28)21-8-14-24(32-3)15-9-21/h4-15,17-18H,16H2,1-3H3. The van der Waals surface area contributed by atoms with E-state index < -0.39 is 0 Å². The van der Waals surface area contributed by atoms with E-state index in [-0.39, 0.29) is 5.91 Å². The van der Waals surface area contributed by atoms with Crippen LogP contribution in [0.1, 0.15) is 10.4 Å². The molecule has 0 spiro atoms. The molecule has 0 aliphatic heterocycles. The van der Waals surface area contributed by atoms with Gasteiger partial charge in [0.25, 0.3) is 0 Å². The highest BCUT2D eigenvalue weighted by Gasteiger charge is 2.15. The van der Waals surface area contributed by atoms with Crippen LogP contribution in [0.25, 0.3) is 22.3 Å². The number of ether oxygens (including phenoxy) is 3. The number of methoxy groups -OCH3 is 3. The second-order valence-electron chi connectivity index (χ2n) is 7.37. The van der Waals surface area contributed by atoms with E-state index in [0.717, 1.165) is 45.1 Å². The van der Waals surface area contributed by atoms with Crippen molar-refractivity contribution in [3.63, 3.8) is 0 Å². The lowest BCUT2D eigenvalue weighted by Crippen LogP contribution is -2.11. The fourth-order valence-corrected chi connectivity index (χ4v) is 3.61. The molecule has 162 valence electrons. The summed E-state index contributed by atoms with van der Waals surface area (Å²) in [7, 11) is 4.92. The van der Waals surface area contributed by atoms with Gasteiger partial charge in [-0.25, -0.2) is 0 Å². The van der Waals surface area contributed by atoms with Gasteiger partial charge in [0, 0.05) is 23.5 Å². The van der Waals surface area contributed by atoms with E-state index in [9.17, 15) is 4.79 Å². The van der Waals surface area contributed by atoms with Crippen molar-refractivity contribution in [3.8, 4) is 39.5 Å². The minimum Gasteiger partial charge on any atom is -0.497 e. The molecular formula is C27H25NO4. The van der Waals surface area contributed by atoms with Crippen molar-refractivity contribution in [2.24, 2.45) is 0 Å². The molecule has 5 heteroatoms. The Labute approximate surface area is 187 Å². The van der Waals surface area contributed by atoms with Crippen LogP contribution in [-0.2, 0) is 6.42 Å². The molecule has 0 bridgehead atoms. The Balaban J connectivity index is 1.70. The van der Waals surface area contributed by atoms with Crippen molar-refractivity contribution >= 4 is 5.91 Å². The molecule has 0 unspecified atom stereocenters. The SMILES string of the molecule is COc1ccc(CC(=O)n2cc(-c3ccc(OC)cc3)c(-c3ccc(OC)cc3)c2)cc1. The van der Waals surface area contributed by atoms with Gasteiger partial charge in [0.2, 0.25) is 5.91 Å². The van der Waals surface area contributed by atoms with Crippen molar-refractivity contribution in [2.45, 2.75) is 6.42 Å². The highest BCUT2D eigenvalue weighted by Crippen LogP contribution is 2.35. The summed E-state index contributed by atoms with van der Waals surface area (Å²) in [6.45, 7) is 0. The van der Waals surface area contributed by atoms with Crippen LogP contribution in [0.2, 0.25) is 0 Å². The maximum atomic E-state index is 13.1. The molecule has 4 aromatic rings. The number of rotatable bonds is 7. The normalized spacial score (nSPS) is 10.6. The van der Waals surface area contributed by atoms with Gasteiger partial charge in [-0.2, -0.15) is 0 Å². The van der Waals surface area contributed by atoms with E-state index in [2.05, 4.69) is 0 Å². The first kappa shape index (κ1) is 21.2. The van der Waals surface area contributed by atoms with Crippen molar-refractivity contribution in [1.29, 1.82) is 0 Å². The first-order valence-electron chi connectivity index (χ1n) is 10.3. The summed E-state index contributed by atoms with van der Waals surface area (Å²) in [6, 6.07) is 23.2. The molecular weight excluding hydrogens is 402 g/mol. The zero-order valence-corrected chi connectivity index (χ0v) is 18.4. The summed E-state index contributed by atoms with van der Waals surface area (Å²) in [5.41, 5.74) is 4.89. The second-order valence-corrected chi connectivity index (χ2v) is 7.37. The molecule has 0 saturated heterocycles. The zero-order chi connectivity index (χ0) is 22.5. The number of hydrogen-bond donors (Lipinski definition) is 0. The third-order valence-corrected chi connectivity index (χ3v) is 5.43. The molecule has 32 heavy (non-hydrogen) atoms. The molecule has 0 amide bonds. The molecule has 0 fully saturated rings. The molecule has 0 aliphatic rings. The van der Waals surface area contributed by atoms with Crippen LogP contribution in [0.3, 0.4) is 0 Å². The number of carbonyl (C=O) groups is 1. The molecule has 1 heterocycles. The fourth-order valence-electron chi connectivity index (χ4n) is 3.61. The van der Waals surface area contributed by atoms with Gasteiger partial charge in [-0.15, -0.1) is 0 Å². The Morgan fingerprint density at radius 3 is 1.38 bits per heavy atom. The second kappa shape index (κ2) is 9.43. The first-order valence-corrected chi connectivity index (χ1v) is 10.3. The molecule has 5 nitrogen and oxygen atoms in total. The quantitative estimate of drug-likeness (QED) is 0.378. The van der Waals surface area contributed by atoms with Gasteiger partial charge in [-0.05, 0) is 53.1 Å². The summed E-state index contributed by atoms with van der Waals surface area (Å²) in [5.74, 6) is 2.33. The molecule has 1 aromatic heterocycles. The van der Waals surface area contributed by atoms with E-state index >= 15 is 0 Å². The van der Waals surface area contributed by atoms with Crippen molar-refractivity contribution in [3.05, 3.63) is 90.8 Å². The van der Waals surface area contributed by atoms with Crippen molar-refractivity contribution < 1.29 is 19.0 Å². The third kappa shape index (κ3) is 4.52. The Morgan fingerprint density at radius 1 is 0.625 bits per heavy atom. The average molecular weight is 428 g/mol. The number of aromatic nitrogens is 1. The monoisotopic (exact) mass is 427 g/mol. The average Bonchev–Trinajstić information content (AvgIpc) is 3.30. The summed E-state index contributed by atoms with van der Waals surface area (Å²) in [6.07, 6.45) is 4.09. The molecule has 0 atom stereocenters. The smallest absolute Gasteiger partial charge is 0.235 e.